The molecule has 0 aliphatic heterocycles. The van der Waals surface area contributed by atoms with Crippen LogP contribution in [0.1, 0.15) is 12.5 Å². The molecule has 0 saturated carbocycles. The van der Waals surface area contributed by atoms with Crippen LogP contribution in [0.15, 0.2) is 12.4 Å². The lowest BCUT2D eigenvalue weighted by atomic mass is 10.2. The van der Waals surface area contributed by atoms with Gasteiger partial charge < -0.3 is 5.32 Å². The Labute approximate surface area is 78.2 Å². The second-order valence-corrected chi connectivity index (χ2v) is 3.23. The molecule has 1 aromatic rings. The van der Waals surface area contributed by atoms with Gasteiger partial charge in [0.2, 0.25) is 0 Å². The van der Waals surface area contributed by atoms with Gasteiger partial charge in [-0.05, 0) is 19.5 Å². The van der Waals surface area contributed by atoms with Crippen molar-refractivity contribution in [2.45, 2.75) is 13.5 Å². The molecule has 0 radical (unpaired) electrons. The molecular formula is C9H14N4. The molecule has 0 fully saturated rings. The Morgan fingerprint density at radius 1 is 1.77 bits per heavy atom. The van der Waals surface area contributed by atoms with Crippen LogP contribution in [0.2, 0.25) is 0 Å². The van der Waals surface area contributed by atoms with E-state index in [1.54, 1.807) is 17.1 Å². The quantitative estimate of drug-likeness (QED) is 0.735. The second kappa shape index (κ2) is 4.63. The number of aromatic nitrogens is 2. The average molecular weight is 178 g/mol. The van der Waals surface area contributed by atoms with E-state index in [9.17, 15) is 0 Å². The minimum Gasteiger partial charge on any atom is -0.319 e. The summed E-state index contributed by atoms with van der Waals surface area (Å²) >= 11 is 0. The molecule has 0 aliphatic rings. The van der Waals surface area contributed by atoms with Gasteiger partial charge in [0.15, 0.2) is 0 Å². The Morgan fingerprint density at radius 2 is 2.54 bits per heavy atom. The van der Waals surface area contributed by atoms with E-state index in [0.29, 0.717) is 11.5 Å². The molecule has 1 heterocycles. The molecule has 0 bridgehead atoms. The normalized spacial score (nSPS) is 12.4. The third-order valence-electron chi connectivity index (χ3n) is 1.81. The van der Waals surface area contributed by atoms with Gasteiger partial charge in [-0.15, -0.1) is 0 Å². The molecule has 1 atom stereocenters. The maximum atomic E-state index is 8.57. The van der Waals surface area contributed by atoms with Crippen LogP contribution in [0.25, 0.3) is 0 Å². The fourth-order valence-electron chi connectivity index (χ4n) is 1.25. The Morgan fingerprint density at radius 3 is 3.08 bits per heavy atom. The molecule has 4 heteroatoms. The summed E-state index contributed by atoms with van der Waals surface area (Å²) < 4.78 is 1.81. The summed E-state index contributed by atoms with van der Waals surface area (Å²) in [5, 5.41) is 15.8. The van der Waals surface area contributed by atoms with Crippen LogP contribution in [0.3, 0.4) is 0 Å². The topological polar surface area (TPSA) is 53.6 Å². The third kappa shape index (κ3) is 2.88. The minimum absolute atomic E-state index is 0.524. The van der Waals surface area contributed by atoms with Gasteiger partial charge in [0.1, 0.15) is 6.07 Å². The van der Waals surface area contributed by atoms with E-state index in [-0.39, 0.29) is 0 Å². The summed E-state index contributed by atoms with van der Waals surface area (Å²) in [5.74, 6) is 0.524. The molecule has 1 rings (SSSR count). The van der Waals surface area contributed by atoms with E-state index in [4.69, 9.17) is 5.26 Å². The fourth-order valence-corrected chi connectivity index (χ4v) is 1.25. The number of hydrogen-bond acceptors (Lipinski definition) is 3. The zero-order valence-corrected chi connectivity index (χ0v) is 7.99. The van der Waals surface area contributed by atoms with E-state index in [2.05, 4.69) is 23.4 Å². The Balaban J connectivity index is 2.50. The summed E-state index contributed by atoms with van der Waals surface area (Å²) in [6, 6.07) is 2.05. The van der Waals surface area contributed by atoms with Crippen LogP contribution < -0.4 is 5.32 Å². The van der Waals surface area contributed by atoms with Crippen molar-refractivity contribution in [2.75, 3.05) is 13.6 Å². The van der Waals surface area contributed by atoms with Crippen LogP contribution in [0.5, 0.6) is 0 Å². The minimum atomic E-state index is 0.524. The lowest BCUT2D eigenvalue weighted by Crippen LogP contribution is -2.20. The highest BCUT2D eigenvalue weighted by Gasteiger charge is 2.03. The van der Waals surface area contributed by atoms with Gasteiger partial charge in [0.05, 0.1) is 11.8 Å². The van der Waals surface area contributed by atoms with Crippen LogP contribution in [-0.4, -0.2) is 23.4 Å². The molecule has 0 spiro atoms. The molecular weight excluding hydrogens is 164 g/mol. The maximum absolute atomic E-state index is 8.57. The molecule has 13 heavy (non-hydrogen) atoms. The molecule has 1 N–H and O–H groups in total. The number of nitrogens with one attached hydrogen (secondary N) is 1. The van der Waals surface area contributed by atoms with Crippen molar-refractivity contribution in [1.29, 1.82) is 5.26 Å². The standard InChI is InChI=1S/C9H14N4/c1-8(4-11-2)6-13-7-9(3-10)5-12-13/h5,7-8,11H,4,6H2,1-2H3. The molecule has 1 unspecified atom stereocenters. The maximum Gasteiger partial charge on any atom is 0.102 e. The van der Waals surface area contributed by atoms with Crippen molar-refractivity contribution >= 4 is 0 Å². The average Bonchev–Trinajstić information content (AvgIpc) is 2.52. The van der Waals surface area contributed by atoms with Crippen LogP contribution in [0.4, 0.5) is 0 Å². The zero-order chi connectivity index (χ0) is 9.68. The van der Waals surface area contributed by atoms with Crippen molar-refractivity contribution in [1.82, 2.24) is 15.1 Å². The molecule has 0 amide bonds. The molecule has 0 aromatic carbocycles. The smallest absolute Gasteiger partial charge is 0.102 e. The van der Waals surface area contributed by atoms with E-state index >= 15 is 0 Å². The van der Waals surface area contributed by atoms with Crippen LogP contribution in [-0.2, 0) is 6.54 Å². The van der Waals surface area contributed by atoms with Crippen molar-refractivity contribution in [2.24, 2.45) is 5.92 Å². The fraction of sp³-hybridized carbons (Fsp3) is 0.556. The van der Waals surface area contributed by atoms with Crippen LogP contribution in [0, 0.1) is 17.2 Å². The highest BCUT2D eigenvalue weighted by Crippen LogP contribution is 2.00. The predicted molar refractivity (Wildman–Crippen MR) is 50.0 cm³/mol. The van der Waals surface area contributed by atoms with Crippen molar-refractivity contribution in [3.05, 3.63) is 18.0 Å². The number of hydrogen-bond donors (Lipinski definition) is 1. The van der Waals surface area contributed by atoms with Crippen molar-refractivity contribution < 1.29 is 0 Å². The van der Waals surface area contributed by atoms with Gasteiger partial charge in [0.25, 0.3) is 0 Å². The largest absolute Gasteiger partial charge is 0.319 e. The van der Waals surface area contributed by atoms with Crippen LogP contribution >= 0.6 is 0 Å². The SMILES string of the molecule is CNCC(C)Cn1cc(C#N)cn1. The second-order valence-electron chi connectivity index (χ2n) is 3.23. The first-order valence-corrected chi connectivity index (χ1v) is 4.33. The van der Waals surface area contributed by atoms with Gasteiger partial charge in [-0.2, -0.15) is 10.4 Å². The molecule has 4 nitrogen and oxygen atoms in total. The first-order valence-electron chi connectivity index (χ1n) is 4.33. The summed E-state index contributed by atoms with van der Waals surface area (Å²) in [4.78, 5) is 0. The van der Waals surface area contributed by atoms with E-state index in [1.165, 1.54) is 0 Å². The van der Waals surface area contributed by atoms with Gasteiger partial charge in [0, 0.05) is 12.7 Å². The number of nitriles is 1. The predicted octanol–water partition coefficient (Wildman–Crippen LogP) is 0.610. The molecule has 1 aromatic heterocycles. The molecule has 0 saturated heterocycles. The van der Waals surface area contributed by atoms with Gasteiger partial charge in [-0.3, -0.25) is 4.68 Å². The summed E-state index contributed by atoms with van der Waals surface area (Å²) in [6.07, 6.45) is 3.36. The molecule has 70 valence electrons. The summed E-state index contributed by atoms with van der Waals surface area (Å²) in [7, 11) is 1.93. The summed E-state index contributed by atoms with van der Waals surface area (Å²) in [5.41, 5.74) is 0.622. The Kier molecular flexibility index (Phi) is 3.47. The lowest BCUT2D eigenvalue weighted by Gasteiger charge is -2.09. The highest BCUT2D eigenvalue weighted by molar-refractivity contribution is 5.21. The highest BCUT2D eigenvalue weighted by atomic mass is 15.3. The summed E-state index contributed by atoms with van der Waals surface area (Å²) in [6.45, 7) is 3.95. The first kappa shape index (κ1) is 9.75. The number of nitrogens with zero attached hydrogens (tertiary/aromatic N) is 3. The lowest BCUT2D eigenvalue weighted by molar-refractivity contribution is 0.435. The van der Waals surface area contributed by atoms with E-state index in [0.717, 1.165) is 13.1 Å². The Bertz CT molecular complexity index is 297. The first-order chi connectivity index (χ1) is 6.26. The van der Waals surface area contributed by atoms with Gasteiger partial charge >= 0.3 is 0 Å². The Hall–Kier alpha value is -1.34. The van der Waals surface area contributed by atoms with E-state index in [1.807, 2.05) is 7.05 Å². The van der Waals surface area contributed by atoms with Gasteiger partial charge in [-0.1, -0.05) is 6.92 Å². The van der Waals surface area contributed by atoms with E-state index < -0.39 is 0 Å². The molecule has 0 aliphatic carbocycles. The monoisotopic (exact) mass is 178 g/mol. The number of rotatable bonds is 4. The van der Waals surface area contributed by atoms with Crippen molar-refractivity contribution in [3.63, 3.8) is 0 Å². The van der Waals surface area contributed by atoms with Crippen molar-refractivity contribution in [3.8, 4) is 6.07 Å². The third-order valence-corrected chi connectivity index (χ3v) is 1.81. The zero-order valence-electron chi connectivity index (χ0n) is 7.99. The van der Waals surface area contributed by atoms with Gasteiger partial charge in [-0.25, -0.2) is 0 Å².